The van der Waals surface area contributed by atoms with E-state index >= 15 is 0 Å². The van der Waals surface area contributed by atoms with Gasteiger partial charge in [0.2, 0.25) is 0 Å². The fraction of sp³-hybridized carbons (Fsp3) is 0. The van der Waals surface area contributed by atoms with Gasteiger partial charge in [-0.2, -0.15) is 0 Å². The van der Waals surface area contributed by atoms with Crippen molar-refractivity contribution in [2.45, 2.75) is 0 Å². The first-order valence-electron chi connectivity index (χ1n) is 5.58. The van der Waals surface area contributed by atoms with Crippen LogP contribution in [0.1, 0.15) is 0 Å². The predicted molar refractivity (Wildman–Crippen MR) is 69.5 cm³/mol. The Morgan fingerprint density at radius 1 is 0.765 bits per heavy atom. The molecule has 3 aromatic rings. The van der Waals surface area contributed by atoms with Gasteiger partial charge in [0.25, 0.3) is 0 Å². The van der Waals surface area contributed by atoms with Crippen molar-refractivity contribution in [2.24, 2.45) is 0 Å². The summed E-state index contributed by atoms with van der Waals surface area (Å²) in [6, 6.07) is 16.5. The topological polar surface area (TPSA) is 28.7 Å². The van der Waals surface area contributed by atoms with Gasteiger partial charge in [-0.15, -0.1) is 0 Å². The third-order valence-corrected chi connectivity index (χ3v) is 2.78. The molecule has 2 heteroatoms. The Hall–Kier alpha value is -2.35. The lowest BCUT2D eigenvalue weighted by atomic mass is 10.1. The molecule has 0 radical (unpaired) electrons. The van der Waals surface area contributed by atoms with Crippen LogP contribution in [0.3, 0.4) is 0 Å². The van der Waals surface area contributed by atoms with Crippen molar-refractivity contribution in [3.05, 3.63) is 67.1 Å². The molecule has 0 spiro atoms. The first kappa shape index (κ1) is 9.85. The zero-order valence-electron chi connectivity index (χ0n) is 9.30. The fourth-order valence-electron chi connectivity index (χ4n) is 1.89. The number of pyridine rings is 1. The van der Waals surface area contributed by atoms with Crippen molar-refractivity contribution in [3.8, 4) is 22.4 Å². The number of nitrogens with zero attached hydrogens (tertiary/aromatic N) is 1. The molecule has 0 aliphatic carbocycles. The second-order valence-corrected chi connectivity index (χ2v) is 3.90. The van der Waals surface area contributed by atoms with Gasteiger partial charge in [0.05, 0.1) is 0 Å². The highest BCUT2D eigenvalue weighted by Gasteiger charge is 2.02. The molecule has 0 bridgehead atoms. The quantitative estimate of drug-likeness (QED) is 0.700. The van der Waals surface area contributed by atoms with E-state index in [1.165, 1.54) is 11.1 Å². The van der Waals surface area contributed by atoms with E-state index in [1.54, 1.807) is 12.4 Å². The third-order valence-electron chi connectivity index (χ3n) is 2.78. The molecule has 0 saturated heterocycles. The van der Waals surface area contributed by atoms with Crippen LogP contribution in [0.15, 0.2) is 67.1 Å². The minimum absolute atomic E-state index is 1.12. The van der Waals surface area contributed by atoms with Gasteiger partial charge in [-0.1, -0.05) is 30.3 Å². The zero-order chi connectivity index (χ0) is 11.5. The Balaban J connectivity index is 1.99. The molecule has 2 heterocycles. The van der Waals surface area contributed by atoms with Crippen molar-refractivity contribution in [1.29, 1.82) is 0 Å². The van der Waals surface area contributed by atoms with Crippen molar-refractivity contribution >= 4 is 0 Å². The van der Waals surface area contributed by atoms with E-state index in [2.05, 4.69) is 40.3 Å². The molecule has 0 aliphatic heterocycles. The Bertz CT molecular complexity index is 543. The number of H-pyrrole nitrogens is 1. The van der Waals surface area contributed by atoms with Crippen molar-refractivity contribution in [2.75, 3.05) is 0 Å². The number of aromatic amines is 1. The molecule has 1 aromatic carbocycles. The van der Waals surface area contributed by atoms with E-state index < -0.39 is 0 Å². The molecular weight excluding hydrogens is 208 g/mol. The van der Waals surface area contributed by atoms with Crippen molar-refractivity contribution in [1.82, 2.24) is 9.97 Å². The van der Waals surface area contributed by atoms with Gasteiger partial charge < -0.3 is 4.98 Å². The van der Waals surface area contributed by atoms with E-state index in [0.29, 0.717) is 0 Å². The van der Waals surface area contributed by atoms with Crippen LogP contribution in [0.2, 0.25) is 0 Å². The number of hydrogen-bond donors (Lipinski definition) is 1. The maximum Gasteiger partial charge on any atom is 0.0461 e. The molecule has 2 aromatic heterocycles. The lowest BCUT2D eigenvalue weighted by molar-refractivity contribution is 1.31. The van der Waals surface area contributed by atoms with Crippen LogP contribution in [-0.4, -0.2) is 9.97 Å². The molecule has 0 amide bonds. The molecule has 3 rings (SSSR count). The highest BCUT2D eigenvalue weighted by Crippen LogP contribution is 2.25. The first-order chi connectivity index (χ1) is 8.43. The largest absolute Gasteiger partial charge is 0.361 e. The van der Waals surface area contributed by atoms with Crippen LogP contribution in [0.5, 0.6) is 0 Å². The van der Waals surface area contributed by atoms with E-state index in [9.17, 15) is 0 Å². The summed E-state index contributed by atoms with van der Waals surface area (Å²) in [4.78, 5) is 7.31. The van der Waals surface area contributed by atoms with Gasteiger partial charge in [0.1, 0.15) is 0 Å². The summed E-state index contributed by atoms with van der Waals surface area (Å²) in [5.74, 6) is 0. The normalized spacial score (nSPS) is 10.4. The lowest BCUT2D eigenvalue weighted by Gasteiger charge is -1.96. The monoisotopic (exact) mass is 220 g/mol. The van der Waals surface area contributed by atoms with Crippen LogP contribution in [0.25, 0.3) is 22.4 Å². The van der Waals surface area contributed by atoms with Crippen LogP contribution in [0, 0.1) is 0 Å². The summed E-state index contributed by atoms with van der Waals surface area (Å²) in [7, 11) is 0. The minimum Gasteiger partial charge on any atom is -0.361 e. The number of nitrogens with one attached hydrogen (secondary N) is 1. The van der Waals surface area contributed by atoms with Crippen LogP contribution >= 0.6 is 0 Å². The first-order valence-corrected chi connectivity index (χ1v) is 5.58. The number of hydrogen-bond acceptors (Lipinski definition) is 1. The van der Waals surface area contributed by atoms with Gasteiger partial charge in [-0.3, -0.25) is 4.98 Å². The van der Waals surface area contributed by atoms with Crippen molar-refractivity contribution < 1.29 is 0 Å². The average molecular weight is 220 g/mol. The number of rotatable bonds is 2. The van der Waals surface area contributed by atoms with Gasteiger partial charge in [-0.25, -0.2) is 0 Å². The summed E-state index contributed by atoms with van der Waals surface area (Å²) in [6.07, 6.45) is 5.64. The molecule has 0 fully saturated rings. The molecule has 82 valence electrons. The van der Waals surface area contributed by atoms with Crippen LogP contribution < -0.4 is 0 Å². The highest BCUT2D eigenvalue weighted by atomic mass is 14.7. The van der Waals surface area contributed by atoms with Gasteiger partial charge >= 0.3 is 0 Å². The van der Waals surface area contributed by atoms with Crippen molar-refractivity contribution in [3.63, 3.8) is 0 Å². The summed E-state index contributed by atoms with van der Waals surface area (Å²) >= 11 is 0. The molecule has 17 heavy (non-hydrogen) atoms. The molecule has 2 nitrogen and oxygen atoms in total. The molecule has 0 atom stereocenters. The van der Waals surface area contributed by atoms with E-state index in [-0.39, 0.29) is 0 Å². The Morgan fingerprint density at radius 2 is 1.53 bits per heavy atom. The minimum atomic E-state index is 1.12. The smallest absolute Gasteiger partial charge is 0.0461 e. The lowest BCUT2D eigenvalue weighted by Crippen LogP contribution is -1.76. The Morgan fingerprint density at radius 3 is 2.29 bits per heavy atom. The van der Waals surface area contributed by atoms with E-state index in [0.717, 1.165) is 11.3 Å². The molecule has 0 saturated carbocycles. The maximum absolute atomic E-state index is 4.02. The van der Waals surface area contributed by atoms with E-state index in [1.807, 2.05) is 24.4 Å². The highest BCUT2D eigenvalue weighted by molar-refractivity contribution is 5.71. The maximum atomic E-state index is 4.02. The molecular formula is C15H12N2. The Kier molecular flexibility index (Phi) is 2.47. The number of benzene rings is 1. The van der Waals surface area contributed by atoms with Crippen LogP contribution in [0.4, 0.5) is 0 Å². The summed E-state index contributed by atoms with van der Waals surface area (Å²) in [5.41, 5.74) is 4.70. The second kappa shape index (κ2) is 4.26. The standard InChI is InChI=1S/C15H12N2/c1-2-4-12(5-3-1)14-10-15(17-11-14)13-6-8-16-9-7-13/h1-11,17H. The van der Waals surface area contributed by atoms with Gasteiger partial charge in [0.15, 0.2) is 0 Å². The summed E-state index contributed by atoms with van der Waals surface area (Å²) in [5, 5.41) is 0. The van der Waals surface area contributed by atoms with Crippen LogP contribution in [-0.2, 0) is 0 Å². The summed E-state index contributed by atoms with van der Waals surface area (Å²) < 4.78 is 0. The molecule has 0 aliphatic rings. The number of aromatic nitrogens is 2. The van der Waals surface area contributed by atoms with E-state index in [4.69, 9.17) is 0 Å². The SMILES string of the molecule is c1ccc(-c2c[nH]c(-c3ccncc3)c2)cc1. The molecule has 1 N–H and O–H groups in total. The second-order valence-electron chi connectivity index (χ2n) is 3.90. The zero-order valence-corrected chi connectivity index (χ0v) is 9.30. The van der Waals surface area contributed by atoms with Gasteiger partial charge in [-0.05, 0) is 29.3 Å². The fourth-order valence-corrected chi connectivity index (χ4v) is 1.89. The molecule has 0 unspecified atom stereocenters. The summed E-state index contributed by atoms with van der Waals surface area (Å²) in [6.45, 7) is 0. The average Bonchev–Trinajstić information content (AvgIpc) is 2.90. The van der Waals surface area contributed by atoms with Gasteiger partial charge in [0, 0.05) is 29.8 Å². The third kappa shape index (κ3) is 1.97. The Labute approximate surface area is 100.0 Å². The predicted octanol–water partition coefficient (Wildman–Crippen LogP) is 3.74.